The lowest BCUT2D eigenvalue weighted by atomic mass is 10.1. The minimum Gasteiger partial charge on any atom is -0.456 e. The van der Waals surface area contributed by atoms with Crippen LogP contribution in [0.2, 0.25) is 0 Å². The zero-order valence-corrected chi connectivity index (χ0v) is 15.7. The minimum absolute atomic E-state index is 0.678. The summed E-state index contributed by atoms with van der Waals surface area (Å²) in [5, 5.41) is 12.4. The number of aryl methyl sites for hydroxylation is 1. The van der Waals surface area contributed by atoms with Crippen LogP contribution in [0.1, 0.15) is 25.0 Å². The average Bonchev–Trinajstić information content (AvgIpc) is 3.29. The fourth-order valence-corrected chi connectivity index (χ4v) is 3.47. The molecular formula is C24H20N2O. The number of nitriles is 1. The van der Waals surface area contributed by atoms with Gasteiger partial charge in [-0.2, -0.15) is 5.26 Å². The van der Waals surface area contributed by atoms with Crippen molar-refractivity contribution in [2.45, 2.75) is 20.8 Å². The number of nitrogens with zero attached hydrogens (tertiary/aromatic N) is 2. The van der Waals surface area contributed by atoms with Gasteiger partial charge in [-0.15, -0.1) is 0 Å². The number of rotatable bonds is 1. The Bertz CT molecular complexity index is 1320. The fraction of sp³-hybridized carbons (Fsp3) is 0.125. The lowest BCUT2D eigenvalue weighted by molar-refractivity contribution is 0.669. The van der Waals surface area contributed by atoms with Gasteiger partial charge in [-0.25, -0.2) is 0 Å². The third kappa shape index (κ3) is 2.76. The third-order valence-electron chi connectivity index (χ3n) is 4.71. The van der Waals surface area contributed by atoms with Crippen molar-refractivity contribution in [2.75, 3.05) is 0 Å². The van der Waals surface area contributed by atoms with E-state index in [2.05, 4.69) is 41.8 Å². The maximum absolute atomic E-state index is 9.07. The lowest BCUT2D eigenvalue weighted by Crippen LogP contribution is -1.91. The van der Waals surface area contributed by atoms with E-state index in [-0.39, 0.29) is 0 Å². The molecule has 3 aromatic carbocycles. The molecule has 3 heteroatoms. The zero-order chi connectivity index (χ0) is 19.0. The van der Waals surface area contributed by atoms with Crippen LogP contribution in [0.4, 0.5) is 0 Å². The second-order valence-electron chi connectivity index (χ2n) is 6.35. The molecule has 0 unspecified atom stereocenters. The predicted molar refractivity (Wildman–Crippen MR) is 111 cm³/mol. The molecule has 5 rings (SSSR count). The Morgan fingerprint density at radius 2 is 1.59 bits per heavy atom. The van der Waals surface area contributed by atoms with Gasteiger partial charge in [-0.3, -0.25) is 0 Å². The van der Waals surface area contributed by atoms with Crippen LogP contribution >= 0.6 is 0 Å². The van der Waals surface area contributed by atoms with Crippen LogP contribution in [-0.2, 0) is 0 Å². The second-order valence-corrected chi connectivity index (χ2v) is 6.35. The van der Waals surface area contributed by atoms with Crippen molar-refractivity contribution in [2.24, 2.45) is 0 Å². The Balaban J connectivity index is 0.000000872. The number of hydrogen-bond donors (Lipinski definition) is 0. The molecule has 2 aromatic heterocycles. The summed E-state index contributed by atoms with van der Waals surface area (Å²) in [5.74, 6) is 0. The number of hydrogen-bond acceptors (Lipinski definition) is 2. The molecule has 0 saturated carbocycles. The molecule has 0 aliphatic carbocycles. The van der Waals surface area contributed by atoms with Crippen LogP contribution in [0.5, 0.6) is 0 Å². The number of aromatic nitrogens is 1. The highest BCUT2D eigenvalue weighted by Gasteiger charge is 2.10. The highest BCUT2D eigenvalue weighted by molar-refractivity contribution is 6.06. The number of fused-ring (bicyclic) bond motifs is 4. The van der Waals surface area contributed by atoms with Crippen molar-refractivity contribution in [1.82, 2.24) is 4.57 Å². The van der Waals surface area contributed by atoms with Gasteiger partial charge in [0, 0.05) is 28.0 Å². The lowest BCUT2D eigenvalue weighted by Gasteiger charge is -2.06. The van der Waals surface area contributed by atoms with E-state index in [9.17, 15) is 0 Å². The fourth-order valence-electron chi connectivity index (χ4n) is 3.47. The first-order valence-electron chi connectivity index (χ1n) is 9.17. The van der Waals surface area contributed by atoms with E-state index >= 15 is 0 Å². The second kappa shape index (κ2) is 6.66. The molecule has 0 saturated heterocycles. The molecular weight excluding hydrogens is 332 g/mol. The van der Waals surface area contributed by atoms with Crippen molar-refractivity contribution < 1.29 is 4.42 Å². The van der Waals surface area contributed by atoms with Crippen molar-refractivity contribution in [3.63, 3.8) is 0 Å². The van der Waals surface area contributed by atoms with Crippen molar-refractivity contribution in [1.29, 1.82) is 5.26 Å². The monoisotopic (exact) mass is 352 g/mol. The van der Waals surface area contributed by atoms with Gasteiger partial charge < -0.3 is 8.98 Å². The van der Waals surface area contributed by atoms with Crippen molar-refractivity contribution in [3.05, 3.63) is 78.0 Å². The first-order chi connectivity index (χ1) is 13.2. The van der Waals surface area contributed by atoms with Crippen LogP contribution < -0.4 is 0 Å². The van der Waals surface area contributed by atoms with Gasteiger partial charge in [-0.05, 0) is 61.5 Å². The third-order valence-corrected chi connectivity index (χ3v) is 4.71. The highest BCUT2D eigenvalue weighted by atomic mass is 16.3. The molecule has 5 aromatic rings. The standard InChI is InChI=1S/C22H14N2O.C2H6/c1-14-2-6-21-18(10-14)19-12-17(4-7-22(19)25-21)24-9-8-16-11-15(13-23)3-5-20(16)24;1-2/h2-12H,1H3;1-2H3. The summed E-state index contributed by atoms with van der Waals surface area (Å²) in [6, 6.07) is 22.5. The molecule has 0 radical (unpaired) electrons. The van der Waals surface area contributed by atoms with Gasteiger partial charge in [0.25, 0.3) is 0 Å². The maximum Gasteiger partial charge on any atom is 0.135 e. The van der Waals surface area contributed by atoms with Gasteiger partial charge >= 0.3 is 0 Å². The summed E-state index contributed by atoms with van der Waals surface area (Å²) < 4.78 is 8.10. The van der Waals surface area contributed by atoms with Crippen LogP contribution in [0.25, 0.3) is 38.5 Å². The molecule has 3 nitrogen and oxygen atoms in total. The Kier molecular flexibility index (Phi) is 4.18. The van der Waals surface area contributed by atoms with Gasteiger partial charge in [0.15, 0.2) is 0 Å². The highest BCUT2D eigenvalue weighted by Crippen LogP contribution is 2.32. The first-order valence-corrected chi connectivity index (χ1v) is 9.17. The molecule has 0 aliphatic heterocycles. The molecule has 0 amide bonds. The van der Waals surface area contributed by atoms with Crippen LogP contribution in [0.15, 0.2) is 71.3 Å². The summed E-state index contributed by atoms with van der Waals surface area (Å²) in [6.45, 7) is 6.09. The van der Waals surface area contributed by atoms with Gasteiger partial charge in [0.05, 0.1) is 17.1 Å². The van der Waals surface area contributed by atoms with E-state index in [1.807, 2.05) is 56.4 Å². The maximum atomic E-state index is 9.07. The van der Waals surface area contributed by atoms with Crippen molar-refractivity contribution in [3.8, 4) is 11.8 Å². The Labute approximate surface area is 158 Å². The Morgan fingerprint density at radius 1 is 0.852 bits per heavy atom. The molecule has 0 N–H and O–H groups in total. The summed E-state index contributed by atoms with van der Waals surface area (Å²) >= 11 is 0. The average molecular weight is 352 g/mol. The van der Waals surface area contributed by atoms with Crippen LogP contribution in [0, 0.1) is 18.3 Å². The molecule has 0 bridgehead atoms. The summed E-state index contributed by atoms with van der Waals surface area (Å²) in [4.78, 5) is 0. The van der Waals surface area contributed by atoms with E-state index < -0.39 is 0 Å². The van der Waals surface area contributed by atoms with E-state index in [4.69, 9.17) is 9.68 Å². The van der Waals surface area contributed by atoms with Crippen molar-refractivity contribution >= 4 is 32.8 Å². The van der Waals surface area contributed by atoms with Crippen LogP contribution in [0.3, 0.4) is 0 Å². The summed E-state index contributed by atoms with van der Waals surface area (Å²) in [7, 11) is 0. The number of benzene rings is 3. The van der Waals surface area contributed by atoms with Crippen LogP contribution in [-0.4, -0.2) is 4.57 Å². The summed E-state index contributed by atoms with van der Waals surface area (Å²) in [6.07, 6.45) is 2.04. The van der Waals surface area contributed by atoms with Gasteiger partial charge in [0.1, 0.15) is 11.2 Å². The smallest absolute Gasteiger partial charge is 0.135 e. The summed E-state index contributed by atoms with van der Waals surface area (Å²) in [5.41, 5.74) is 5.87. The van der Waals surface area contributed by atoms with Gasteiger partial charge in [-0.1, -0.05) is 25.5 Å². The Hall–Kier alpha value is -3.51. The molecule has 27 heavy (non-hydrogen) atoms. The van der Waals surface area contributed by atoms with E-state index in [1.165, 1.54) is 5.56 Å². The molecule has 0 fully saturated rings. The van der Waals surface area contributed by atoms with E-state index in [0.717, 1.165) is 38.5 Å². The molecule has 132 valence electrons. The minimum atomic E-state index is 0.678. The Morgan fingerprint density at radius 3 is 2.37 bits per heavy atom. The van der Waals surface area contributed by atoms with E-state index in [1.54, 1.807) is 0 Å². The van der Waals surface area contributed by atoms with E-state index in [0.29, 0.717) is 5.56 Å². The first kappa shape index (κ1) is 16.9. The molecule has 0 spiro atoms. The topological polar surface area (TPSA) is 41.9 Å². The zero-order valence-electron chi connectivity index (χ0n) is 15.7. The SMILES string of the molecule is CC.Cc1ccc2oc3ccc(-n4ccc5cc(C#N)ccc54)cc3c2c1. The normalized spacial score (nSPS) is 10.7. The number of furan rings is 1. The quantitative estimate of drug-likeness (QED) is 0.335. The van der Waals surface area contributed by atoms with Gasteiger partial charge in [0.2, 0.25) is 0 Å². The molecule has 0 aliphatic rings. The molecule has 2 heterocycles. The predicted octanol–water partition coefficient (Wildman–Crippen LogP) is 6.74. The largest absolute Gasteiger partial charge is 0.456 e. The molecule has 0 atom stereocenters.